The Morgan fingerprint density at radius 2 is 1.45 bits per heavy atom. The van der Waals surface area contributed by atoms with Crippen LogP contribution in [0.2, 0.25) is 0 Å². The number of carbonyl (C=O) groups is 5. The number of benzene rings is 3. The second-order valence-electron chi connectivity index (χ2n) is 9.14. The van der Waals surface area contributed by atoms with E-state index in [-0.39, 0.29) is 18.6 Å². The van der Waals surface area contributed by atoms with Gasteiger partial charge in [0.15, 0.2) is 0 Å². The minimum Gasteiger partial charge on any atom is -0.480 e. The third-order valence-corrected chi connectivity index (χ3v) is 5.78. The number of hydrogen-bond acceptors (Lipinski definition) is 6. The van der Waals surface area contributed by atoms with Gasteiger partial charge < -0.3 is 25.2 Å². The van der Waals surface area contributed by atoms with Gasteiger partial charge in [-0.15, -0.1) is 0 Å². The van der Waals surface area contributed by atoms with Crippen LogP contribution in [0.5, 0.6) is 0 Å². The lowest BCUT2D eigenvalue weighted by molar-refractivity contribution is -0.146. The Bertz CT molecular complexity index is 1410. The number of anilines is 1. The monoisotopic (exact) mass is 583 g/mol. The molecule has 42 heavy (non-hydrogen) atoms. The number of nitrogens with one attached hydrogen (secondary N) is 2. The highest BCUT2D eigenvalue weighted by atomic mass is 19.1. The van der Waals surface area contributed by atoms with Crippen LogP contribution in [0.3, 0.4) is 0 Å². The Hall–Kier alpha value is -5.33. The van der Waals surface area contributed by atoms with Crippen molar-refractivity contribution in [1.82, 2.24) is 10.2 Å². The Labute approximate surface area is 238 Å². The van der Waals surface area contributed by atoms with Crippen molar-refractivity contribution in [3.63, 3.8) is 0 Å². The summed E-state index contributed by atoms with van der Waals surface area (Å²) in [6.45, 7) is -1.63. The first kappa shape index (κ1) is 31.2. The van der Waals surface area contributed by atoms with Crippen LogP contribution in [0.1, 0.15) is 16.7 Å². The molecule has 4 N–H and O–H groups in total. The van der Waals surface area contributed by atoms with Crippen molar-refractivity contribution in [2.24, 2.45) is 0 Å². The highest BCUT2D eigenvalue weighted by Crippen LogP contribution is 2.13. The maximum Gasteiger partial charge on any atom is 0.411 e. The van der Waals surface area contributed by atoms with E-state index >= 15 is 0 Å². The zero-order valence-electron chi connectivity index (χ0n) is 22.1. The van der Waals surface area contributed by atoms with Gasteiger partial charge in [0.05, 0.1) is 6.42 Å². The second kappa shape index (κ2) is 14.9. The molecule has 0 aliphatic carbocycles. The zero-order chi connectivity index (χ0) is 30.6. The van der Waals surface area contributed by atoms with Crippen molar-refractivity contribution in [2.75, 3.05) is 18.4 Å². The van der Waals surface area contributed by atoms with E-state index in [1.807, 2.05) is 18.2 Å². The van der Waals surface area contributed by atoms with Gasteiger partial charge >= 0.3 is 18.0 Å². The van der Waals surface area contributed by atoms with E-state index in [1.54, 1.807) is 12.1 Å². The fourth-order valence-corrected chi connectivity index (χ4v) is 3.85. The topological polar surface area (TPSA) is 162 Å². The van der Waals surface area contributed by atoms with Crippen LogP contribution in [0.15, 0.2) is 72.8 Å². The molecule has 11 nitrogen and oxygen atoms in total. The Kier molecular flexibility index (Phi) is 11.1. The summed E-state index contributed by atoms with van der Waals surface area (Å²) < 4.78 is 32.1. The van der Waals surface area contributed by atoms with E-state index in [1.165, 1.54) is 24.3 Å². The van der Waals surface area contributed by atoms with Gasteiger partial charge in [-0.2, -0.15) is 0 Å². The third kappa shape index (κ3) is 10.3. The first-order valence-corrected chi connectivity index (χ1v) is 12.5. The number of carboxylic acids is 2. The molecule has 1 atom stereocenters. The summed E-state index contributed by atoms with van der Waals surface area (Å²) >= 11 is 0. The molecule has 0 radical (unpaired) electrons. The molecule has 0 aliphatic heterocycles. The molecule has 13 heteroatoms. The molecule has 3 amide bonds. The summed E-state index contributed by atoms with van der Waals surface area (Å²) in [6.07, 6.45) is -1.45. The van der Waals surface area contributed by atoms with Gasteiger partial charge in [0.1, 0.15) is 37.4 Å². The van der Waals surface area contributed by atoms with Gasteiger partial charge in [0.2, 0.25) is 11.8 Å². The van der Waals surface area contributed by atoms with Crippen molar-refractivity contribution in [3.05, 3.63) is 101 Å². The number of rotatable bonds is 13. The van der Waals surface area contributed by atoms with E-state index < -0.39 is 67.0 Å². The van der Waals surface area contributed by atoms with Crippen molar-refractivity contribution in [1.29, 1.82) is 0 Å². The number of nitrogens with zero attached hydrogens (tertiary/aromatic N) is 1. The van der Waals surface area contributed by atoms with Crippen LogP contribution in [-0.4, -0.2) is 64.1 Å². The number of amides is 3. The number of aliphatic carboxylic acids is 2. The second-order valence-corrected chi connectivity index (χ2v) is 9.14. The Balaban J connectivity index is 1.56. The van der Waals surface area contributed by atoms with E-state index in [0.717, 1.165) is 17.7 Å². The maximum atomic E-state index is 13.5. The van der Waals surface area contributed by atoms with Crippen LogP contribution in [0.4, 0.5) is 19.3 Å². The first-order valence-electron chi connectivity index (χ1n) is 12.5. The third-order valence-electron chi connectivity index (χ3n) is 5.78. The van der Waals surface area contributed by atoms with E-state index in [9.17, 15) is 37.9 Å². The highest BCUT2D eigenvalue weighted by Gasteiger charge is 2.25. The molecule has 0 fully saturated rings. The molecule has 3 aromatic rings. The minimum absolute atomic E-state index is 0.0703. The number of ether oxygens (including phenoxy) is 1. The summed E-state index contributed by atoms with van der Waals surface area (Å²) in [5.41, 5.74) is 1.60. The molecule has 220 valence electrons. The summed E-state index contributed by atoms with van der Waals surface area (Å²) in [4.78, 5) is 61.0. The number of hydrogen-bond donors (Lipinski definition) is 4. The van der Waals surface area contributed by atoms with Crippen molar-refractivity contribution in [2.45, 2.75) is 25.5 Å². The molecular formula is C29H27F2N3O8. The number of carboxylic acid groups (broad SMARTS) is 2. The van der Waals surface area contributed by atoms with Gasteiger partial charge in [0, 0.05) is 18.2 Å². The predicted octanol–water partition coefficient (Wildman–Crippen LogP) is 2.98. The molecule has 0 aliphatic rings. The number of carbonyl (C=O) groups excluding carboxylic acids is 3. The Morgan fingerprint density at radius 1 is 0.810 bits per heavy atom. The molecular weight excluding hydrogens is 556 g/mol. The standard InChI is InChI=1S/C29H27F2N3O8/c30-21-10-20(11-22(31)14-21)13-26(36)34(16-27(37)38)15-25(35)33-24(28(39)40)12-18-6-8-23(9-7-18)32-29(41)42-17-19-4-2-1-3-5-19/h1-11,14,24H,12-13,15-17H2,(H,32,41)(H,33,35)(H,37,38)(H,39,40)/t24-/m1/s1. The molecule has 0 saturated carbocycles. The van der Waals surface area contributed by atoms with Crippen molar-refractivity contribution < 1.29 is 47.7 Å². The van der Waals surface area contributed by atoms with Crippen molar-refractivity contribution >= 4 is 35.5 Å². The zero-order valence-corrected chi connectivity index (χ0v) is 22.1. The average molecular weight is 584 g/mol. The van der Waals surface area contributed by atoms with E-state index in [0.29, 0.717) is 22.2 Å². The summed E-state index contributed by atoms with van der Waals surface area (Å²) in [7, 11) is 0. The lowest BCUT2D eigenvalue weighted by Crippen LogP contribution is -2.49. The lowest BCUT2D eigenvalue weighted by Gasteiger charge is -2.22. The van der Waals surface area contributed by atoms with Crippen LogP contribution < -0.4 is 10.6 Å². The summed E-state index contributed by atoms with van der Waals surface area (Å²) in [5, 5.41) is 23.6. The van der Waals surface area contributed by atoms with Gasteiger partial charge in [-0.3, -0.25) is 19.7 Å². The fourth-order valence-electron chi connectivity index (χ4n) is 3.85. The van der Waals surface area contributed by atoms with Gasteiger partial charge in [-0.25, -0.2) is 18.4 Å². The average Bonchev–Trinajstić information content (AvgIpc) is 2.92. The quantitative estimate of drug-likeness (QED) is 0.239. The lowest BCUT2D eigenvalue weighted by atomic mass is 10.1. The van der Waals surface area contributed by atoms with Gasteiger partial charge in [-0.1, -0.05) is 42.5 Å². The molecule has 0 aromatic heterocycles. The first-order chi connectivity index (χ1) is 20.0. The predicted molar refractivity (Wildman–Crippen MR) is 144 cm³/mol. The Morgan fingerprint density at radius 3 is 2.05 bits per heavy atom. The van der Waals surface area contributed by atoms with Crippen LogP contribution >= 0.6 is 0 Å². The maximum absolute atomic E-state index is 13.5. The van der Waals surface area contributed by atoms with E-state index in [2.05, 4.69) is 10.6 Å². The van der Waals surface area contributed by atoms with Crippen LogP contribution in [0, 0.1) is 11.6 Å². The summed E-state index contributed by atoms with van der Waals surface area (Å²) in [5.74, 6) is -6.57. The minimum atomic E-state index is -1.45. The molecule has 0 spiro atoms. The van der Waals surface area contributed by atoms with Crippen molar-refractivity contribution in [3.8, 4) is 0 Å². The van der Waals surface area contributed by atoms with Crippen LogP contribution in [0.25, 0.3) is 0 Å². The molecule has 0 saturated heterocycles. The van der Waals surface area contributed by atoms with Crippen LogP contribution in [-0.2, 0) is 43.4 Å². The molecule has 0 heterocycles. The SMILES string of the molecule is O=C(O)CN(CC(=O)N[C@H](Cc1ccc(NC(=O)OCc2ccccc2)cc1)C(=O)O)C(=O)Cc1cc(F)cc(F)c1. The summed E-state index contributed by atoms with van der Waals surface area (Å²) in [6, 6.07) is 16.1. The van der Waals surface area contributed by atoms with Gasteiger partial charge in [0.25, 0.3) is 0 Å². The molecule has 0 bridgehead atoms. The van der Waals surface area contributed by atoms with Gasteiger partial charge in [-0.05, 0) is 41.0 Å². The molecule has 3 aromatic carbocycles. The number of halogens is 2. The van der Waals surface area contributed by atoms with E-state index in [4.69, 9.17) is 9.84 Å². The normalized spacial score (nSPS) is 11.2. The fraction of sp³-hybridized carbons (Fsp3) is 0.207. The smallest absolute Gasteiger partial charge is 0.411 e. The largest absolute Gasteiger partial charge is 0.480 e. The molecule has 3 rings (SSSR count). The highest BCUT2D eigenvalue weighted by molar-refractivity contribution is 5.90. The molecule has 0 unspecified atom stereocenters.